The number of carbonyl (C=O) groups excluding carboxylic acids is 1. The Kier molecular flexibility index (Phi) is 6.47. The molecule has 1 atom stereocenters. The minimum Gasteiger partial charge on any atom is -0.369 e. The molecule has 2 heterocycles. The maximum atomic E-state index is 15.4. The second kappa shape index (κ2) is 9.58. The summed E-state index contributed by atoms with van der Waals surface area (Å²) in [7, 11) is 2.02. The molecule has 1 amide bonds. The largest absolute Gasteiger partial charge is 0.369 e. The van der Waals surface area contributed by atoms with E-state index in [0.717, 1.165) is 28.9 Å². The van der Waals surface area contributed by atoms with Gasteiger partial charge < -0.3 is 4.90 Å². The van der Waals surface area contributed by atoms with Gasteiger partial charge in [0, 0.05) is 23.8 Å². The van der Waals surface area contributed by atoms with Crippen LogP contribution in [0.5, 0.6) is 0 Å². The van der Waals surface area contributed by atoms with Crippen LogP contribution in [0.1, 0.15) is 49.8 Å². The number of fused-ring (bicyclic) bond motifs is 1. The molecule has 3 aromatic carbocycles. The zero-order valence-electron chi connectivity index (χ0n) is 21.0. The number of halogens is 1. The number of thioether (sulfide) groups is 1. The minimum absolute atomic E-state index is 0.0448. The van der Waals surface area contributed by atoms with E-state index < -0.39 is 0 Å². The van der Waals surface area contributed by atoms with E-state index in [4.69, 9.17) is 4.99 Å². The highest BCUT2D eigenvalue weighted by molar-refractivity contribution is 8.18. The van der Waals surface area contributed by atoms with E-state index in [2.05, 4.69) is 25.7 Å². The third kappa shape index (κ3) is 4.70. The van der Waals surface area contributed by atoms with Crippen molar-refractivity contribution < 1.29 is 9.18 Å². The highest BCUT2D eigenvalue weighted by Gasteiger charge is 2.36. The Morgan fingerprint density at radius 2 is 1.75 bits per heavy atom. The quantitative estimate of drug-likeness (QED) is 0.352. The highest BCUT2D eigenvalue weighted by Crippen LogP contribution is 2.44. The summed E-state index contributed by atoms with van der Waals surface area (Å²) in [6, 6.07) is 22.9. The zero-order valence-corrected chi connectivity index (χ0v) is 21.8. The van der Waals surface area contributed by atoms with Gasteiger partial charge in [-0.05, 0) is 79.4 Å². The first-order valence-electron chi connectivity index (χ1n) is 12.2. The Morgan fingerprint density at radius 3 is 2.44 bits per heavy atom. The van der Waals surface area contributed by atoms with Crippen molar-refractivity contribution in [2.75, 3.05) is 11.9 Å². The molecule has 0 N–H and O–H groups in total. The fraction of sp³-hybridized carbons (Fsp3) is 0.267. The molecular formula is C30H30FN3OS. The van der Waals surface area contributed by atoms with Crippen LogP contribution < -0.4 is 4.90 Å². The molecule has 0 radical (unpaired) electrons. The van der Waals surface area contributed by atoms with Crippen LogP contribution >= 0.6 is 11.8 Å². The van der Waals surface area contributed by atoms with Crippen LogP contribution in [0.2, 0.25) is 0 Å². The molecule has 1 unspecified atom stereocenters. The Labute approximate surface area is 216 Å². The molecule has 0 bridgehead atoms. The van der Waals surface area contributed by atoms with Gasteiger partial charge in [-0.25, -0.2) is 9.38 Å². The summed E-state index contributed by atoms with van der Waals surface area (Å²) in [6.07, 6.45) is 2.66. The lowest BCUT2D eigenvalue weighted by molar-refractivity contribution is -0.122. The first-order valence-corrected chi connectivity index (χ1v) is 13.0. The van der Waals surface area contributed by atoms with E-state index in [1.807, 2.05) is 73.8 Å². The molecule has 5 rings (SSSR count). The van der Waals surface area contributed by atoms with Gasteiger partial charge in [0.15, 0.2) is 5.17 Å². The van der Waals surface area contributed by atoms with Crippen LogP contribution in [0.4, 0.5) is 15.8 Å². The second-order valence-corrected chi connectivity index (χ2v) is 11.1. The van der Waals surface area contributed by atoms with Gasteiger partial charge in [0.05, 0.1) is 17.1 Å². The van der Waals surface area contributed by atoms with Crippen molar-refractivity contribution in [3.05, 3.63) is 100 Å². The van der Waals surface area contributed by atoms with E-state index in [9.17, 15) is 4.79 Å². The van der Waals surface area contributed by atoms with E-state index in [-0.39, 0.29) is 17.3 Å². The van der Waals surface area contributed by atoms with Crippen molar-refractivity contribution in [1.82, 2.24) is 4.90 Å². The third-order valence-corrected chi connectivity index (χ3v) is 8.10. The molecule has 4 nitrogen and oxygen atoms in total. The van der Waals surface area contributed by atoms with Gasteiger partial charge >= 0.3 is 0 Å². The number of benzene rings is 3. The Morgan fingerprint density at radius 1 is 1.08 bits per heavy atom. The number of rotatable bonds is 4. The van der Waals surface area contributed by atoms with Crippen LogP contribution in [-0.2, 0) is 11.3 Å². The molecular weight excluding hydrogens is 469 g/mol. The first kappa shape index (κ1) is 24.3. The third-order valence-electron chi connectivity index (χ3n) is 7.09. The number of nitrogens with zero attached hydrogens (tertiary/aromatic N) is 3. The summed E-state index contributed by atoms with van der Waals surface area (Å²) in [5.41, 5.74) is 4.20. The van der Waals surface area contributed by atoms with Crippen LogP contribution in [0, 0.1) is 5.82 Å². The van der Waals surface area contributed by atoms with Crippen LogP contribution in [0.15, 0.2) is 82.7 Å². The Bertz CT molecular complexity index is 1350. The van der Waals surface area contributed by atoms with Gasteiger partial charge in [-0.15, -0.1) is 0 Å². The topological polar surface area (TPSA) is 35.9 Å². The predicted molar refractivity (Wildman–Crippen MR) is 148 cm³/mol. The van der Waals surface area contributed by atoms with Crippen LogP contribution in [0.25, 0.3) is 6.08 Å². The average molecular weight is 500 g/mol. The van der Waals surface area contributed by atoms with Crippen molar-refractivity contribution in [2.24, 2.45) is 4.99 Å². The molecule has 184 valence electrons. The van der Waals surface area contributed by atoms with Crippen molar-refractivity contribution in [1.29, 1.82) is 0 Å². The van der Waals surface area contributed by atoms with E-state index in [1.54, 1.807) is 17.0 Å². The van der Waals surface area contributed by atoms with Gasteiger partial charge in [0.1, 0.15) is 5.82 Å². The summed E-state index contributed by atoms with van der Waals surface area (Å²) in [6.45, 7) is 6.95. The van der Waals surface area contributed by atoms with E-state index in [0.29, 0.717) is 28.1 Å². The highest BCUT2D eigenvalue weighted by atomic mass is 32.2. The molecule has 36 heavy (non-hydrogen) atoms. The molecule has 0 spiro atoms. The van der Waals surface area contributed by atoms with E-state index in [1.165, 1.54) is 11.8 Å². The number of amides is 1. The monoisotopic (exact) mass is 499 g/mol. The normalized spacial score (nSPS) is 21.4. The van der Waals surface area contributed by atoms with Crippen molar-refractivity contribution in [2.45, 2.75) is 45.2 Å². The smallest absolute Gasteiger partial charge is 0.267 e. The molecule has 3 aromatic rings. The fourth-order valence-corrected chi connectivity index (χ4v) is 5.95. The molecule has 2 aliphatic heterocycles. The molecule has 0 saturated carbocycles. The lowest BCUT2D eigenvalue weighted by atomic mass is 9.80. The van der Waals surface area contributed by atoms with Crippen molar-refractivity contribution in [3.8, 4) is 0 Å². The molecule has 1 saturated heterocycles. The maximum absolute atomic E-state index is 15.4. The SMILES string of the molecule is CC1CC(C)(C)N(C)c2cc(F)c(/C=C3/SC(=Nc4ccccc4)N(Cc4ccccc4)C3=O)cc21. The van der Waals surface area contributed by atoms with Gasteiger partial charge in [-0.2, -0.15) is 0 Å². The van der Waals surface area contributed by atoms with Gasteiger partial charge in [-0.3, -0.25) is 9.69 Å². The molecule has 2 aliphatic rings. The minimum atomic E-state index is -0.325. The lowest BCUT2D eigenvalue weighted by Crippen LogP contribution is -2.45. The second-order valence-electron chi connectivity index (χ2n) is 10.1. The number of para-hydroxylation sites is 1. The number of carbonyl (C=O) groups is 1. The number of hydrogen-bond acceptors (Lipinski definition) is 4. The number of anilines is 1. The first-order chi connectivity index (χ1) is 17.2. The van der Waals surface area contributed by atoms with Crippen LogP contribution in [0.3, 0.4) is 0 Å². The Hall–Kier alpha value is -3.38. The number of amidine groups is 1. The summed E-state index contributed by atoms with van der Waals surface area (Å²) < 4.78 is 15.4. The maximum Gasteiger partial charge on any atom is 0.267 e. The summed E-state index contributed by atoms with van der Waals surface area (Å²) in [5, 5.41) is 0.592. The number of aliphatic imine (C=N–C) groups is 1. The van der Waals surface area contributed by atoms with Gasteiger partial charge in [0.2, 0.25) is 0 Å². The number of hydrogen-bond donors (Lipinski definition) is 0. The molecule has 6 heteroatoms. The molecule has 1 fully saturated rings. The van der Waals surface area contributed by atoms with Crippen LogP contribution in [-0.4, -0.2) is 28.6 Å². The summed E-state index contributed by atoms with van der Waals surface area (Å²) in [5.74, 6) is -0.197. The van der Waals surface area contributed by atoms with Gasteiger partial charge in [0.25, 0.3) is 5.91 Å². The van der Waals surface area contributed by atoms with Crippen molar-refractivity contribution in [3.63, 3.8) is 0 Å². The average Bonchev–Trinajstić information content (AvgIpc) is 3.13. The Balaban J connectivity index is 1.53. The van der Waals surface area contributed by atoms with Crippen molar-refractivity contribution >= 4 is 40.3 Å². The van der Waals surface area contributed by atoms with E-state index >= 15 is 4.39 Å². The standard InChI is InChI=1S/C30H30FN3OS/c1-20-18-30(2,3)33(4)26-17-25(31)22(15-24(20)26)16-27-28(35)34(19-21-11-7-5-8-12-21)29(36-27)32-23-13-9-6-10-14-23/h5-17,20H,18-19H2,1-4H3/b27-16+,32-29?. The summed E-state index contributed by atoms with van der Waals surface area (Å²) in [4.78, 5) is 22.6. The lowest BCUT2D eigenvalue weighted by Gasteiger charge is -2.45. The zero-order chi connectivity index (χ0) is 25.4. The molecule has 0 aliphatic carbocycles. The predicted octanol–water partition coefficient (Wildman–Crippen LogP) is 7.35. The summed E-state index contributed by atoms with van der Waals surface area (Å²) >= 11 is 1.29. The van der Waals surface area contributed by atoms with Gasteiger partial charge in [-0.1, -0.05) is 55.5 Å². The molecule has 0 aromatic heterocycles. The fourth-order valence-electron chi connectivity index (χ4n) is 4.97.